The highest BCUT2D eigenvalue weighted by Gasteiger charge is 2.36. The van der Waals surface area contributed by atoms with Gasteiger partial charge in [0.1, 0.15) is 12.4 Å². The lowest BCUT2D eigenvalue weighted by atomic mass is 10.1. The molecule has 1 saturated heterocycles. The van der Waals surface area contributed by atoms with Crippen molar-refractivity contribution in [1.29, 1.82) is 0 Å². The summed E-state index contributed by atoms with van der Waals surface area (Å²) in [6.45, 7) is 4.55. The average molecular weight is 460 g/mol. The number of hydrogen-bond acceptors (Lipinski definition) is 7. The van der Waals surface area contributed by atoms with Crippen LogP contribution in [0.1, 0.15) is 43.7 Å². The van der Waals surface area contributed by atoms with E-state index in [9.17, 15) is 8.42 Å². The van der Waals surface area contributed by atoms with Crippen LogP contribution in [0.2, 0.25) is 0 Å². The molecule has 0 atom stereocenters. The van der Waals surface area contributed by atoms with E-state index in [1.54, 1.807) is 6.07 Å². The van der Waals surface area contributed by atoms with Gasteiger partial charge in [0.15, 0.2) is 0 Å². The van der Waals surface area contributed by atoms with Crippen LogP contribution >= 0.6 is 0 Å². The molecule has 0 unspecified atom stereocenters. The van der Waals surface area contributed by atoms with Gasteiger partial charge in [-0.15, -0.1) is 0 Å². The molecule has 1 fully saturated rings. The number of aryl methyl sites for hydroxylation is 1. The summed E-state index contributed by atoms with van der Waals surface area (Å²) in [5.41, 5.74) is 3.95. The third-order valence-electron chi connectivity index (χ3n) is 5.66. The Morgan fingerprint density at radius 1 is 1.09 bits per heavy atom. The molecule has 2 aliphatic rings. The van der Waals surface area contributed by atoms with E-state index in [0.29, 0.717) is 38.5 Å². The molecule has 10 heteroatoms. The van der Waals surface area contributed by atoms with Crippen molar-refractivity contribution in [2.75, 3.05) is 37.2 Å². The summed E-state index contributed by atoms with van der Waals surface area (Å²) in [6, 6.07) is 7.78. The molecule has 1 aliphatic carbocycles. The minimum atomic E-state index is -3.48. The van der Waals surface area contributed by atoms with Crippen LogP contribution in [0, 0.1) is 0 Å². The average Bonchev–Trinajstić information content (AvgIpc) is 3.34. The van der Waals surface area contributed by atoms with E-state index in [4.69, 9.17) is 9.57 Å². The highest BCUT2D eigenvalue weighted by molar-refractivity contribution is 7.90. The molecule has 32 heavy (non-hydrogen) atoms. The zero-order chi connectivity index (χ0) is 22.4. The molecule has 9 nitrogen and oxygen atoms in total. The molecule has 4 rings (SSSR count). The second-order valence-electron chi connectivity index (χ2n) is 7.76. The molecule has 0 spiro atoms. The van der Waals surface area contributed by atoms with Crippen molar-refractivity contribution in [2.45, 2.75) is 39.0 Å². The summed E-state index contributed by atoms with van der Waals surface area (Å²) >= 11 is 0. The van der Waals surface area contributed by atoms with Crippen LogP contribution in [-0.4, -0.2) is 61.5 Å². The lowest BCUT2D eigenvalue weighted by Gasteiger charge is -2.19. The Labute approximate surface area is 189 Å². The number of unbranched alkanes of at least 4 members (excludes halogenated alkanes) is 2. The Morgan fingerprint density at radius 3 is 2.81 bits per heavy atom. The molecule has 2 heterocycles. The van der Waals surface area contributed by atoms with Gasteiger partial charge in [-0.05, 0) is 68.9 Å². The smallest absolute Gasteiger partial charge is 0.304 e. The van der Waals surface area contributed by atoms with Gasteiger partial charge >= 0.3 is 10.2 Å². The monoisotopic (exact) mass is 459 g/mol. The maximum Gasteiger partial charge on any atom is 0.304 e. The molecule has 1 aromatic heterocycles. The van der Waals surface area contributed by atoms with E-state index >= 15 is 0 Å². The summed E-state index contributed by atoms with van der Waals surface area (Å²) in [7, 11) is -3.48. The quantitative estimate of drug-likeness (QED) is 0.400. The Kier molecular flexibility index (Phi) is 7.21. The summed E-state index contributed by atoms with van der Waals surface area (Å²) < 4.78 is 34.3. The first kappa shape index (κ1) is 22.5. The Hall–Kier alpha value is -2.72. The van der Waals surface area contributed by atoms with Gasteiger partial charge in [0.2, 0.25) is 0 Å². The molecule has 0 amide bonds. The molecule has 0 saturated carbocycles. The maximum absolute atomic E-state index is 12.7. The van der Waals surface area contributed by atoms with Crippen molar-refractivity contribution < 1.29 is 18.0 Å². The highest BCUT2D eigenvalue weighted by Crippen LogP contribution is 2.27. The number of oxime groups is 1. The van der Waals surface area contributed by atoms with Gasteiger partial charge in [0.25, 0.3) is 0 Å². The fourth-order valence-corrected chi connectivity index (χ4v) is 5.66. The Bertz CT molecular complexity index is 1050. The van der Waals surface area contributed by atoms with Gasteiger partial charge in [0.05, 0.1) is 30.4 Å². The van der Waals surface area contributed by atoms with Crippen LogP contribution in [0.15, 0.2) is 41.8 Å². The first-order chi connectivity index (χ1) is 15.6. The SMILES string of the molecule is CCO/N=C1\CCc2cc(OCCCCCN3CCN(c4ccnnc4)S3(=O)=O)ccc21. The maximum atomic E-state index is 12.7. The van der Waals surface area contributed by atoms with Crippen molar-refractivity contribution in [3.05, 3.63) is 47.8 Å². The molecular formula is C22H29N5O4S. The van der Waals surface area contributed by atoms with E-state index in [0.717, 1.165) is 49.1 Å². The van der Waals surface area contributed by atoms with Crippen LogP contribution in [0.25, 0.3) is 0 Å². The number of anilines is 1. The number of benzene rings is 1. The van der Waals surface area contributed by atoms with Gasteiger partial charge in [-0.1, -0.05) is 5.16 Å². The van der Waals surface area contributed by atoms with Crippen LogP contribution in [0.3, 0.4) is 0 Å². The van der Waals surface area contributed by atoms with Crippen molar-refractivity contribution in [2.24, 2.45) is 5.16 Å². The highest BCUT2D eigenvalue weighted by atomic mass is 32.2. The number of fused-ring (bicyclic) bond motifs is 1. The summed E-state index contributed by atoms with van der Waals surface area (Å²) in [5, 5.41) is 11.7. The molecule has 1 aliphatic heterocycles. The van der Waals surface area contributed by atoms with E-state index in [1.165, 1.54) is 26.6 Å². The van der Waals surface area contributed by atoms with Crippen LogP contribution in [-0.2, 0) is 21.5 Å². The Balaban J connectivity index is 1.19. The minimum Gasteiger partial charge on any atom is -0.494 e. The van der Waals surface area contributed by atoms with Crippen LogP contribution in [0.5, 0.6) is 5.75 Å². The minimum absolute atomic E-state index is 0.437. The van der Waals surface area contributed by atoms with Crippen molar-refractivity contribution in [3.8, 4) is 5.75 Å². The number of rotatable bonds is 10. The van der Waals surface area contributed by atoms with Crippen molar-refractivity contribution >= 4 is 21.6 Å². The summed E-state index contributed by atoms with van der Waals surface area (Å²) in [6.07, 6.45) is 7.40. The van der Waals surface area contributed by atoms with Gasteiger partial charge in [-0.2, -0.15) is 22.9 Å². The van der Waals surface area contributed by atoms with E-state index in [1.807, 2.05) is 13.0 Å². The largest absolute Gasteiger partial charge is 0.494 e. The fourth-order valence-electron chi connectivity index (χ4n) is 4.02. The molecule has 1 aromatic carbocycles. The van der Waals surface area contributed by atoms with Crippen molar-refractivity contribution in [1.82, 2.24) is 14.5 Å². The van der Waals surface area contributed by atoms with Gasteiger partial charge in [0, 0.05) is 25.2 Å². The first-order valence-corrected chi connectivity index (χ1v) is 12.5. The molecule has 0 N–H and O–H groups in total. The molecule has 0 radical (unpaired) electrons. The number of hydrogen-bond donors (Lipinski definition) is 0. The van der Waals surface area contributed by atoms with E-state index < -0.39 is 10.2 Å². The lowest BCUT2D eigenvalue weighted by molar-refractivity contribution is 0.158. The molecular weight excluding hydrogens is 430 g/mol. The normalized spacial score (nSPS) is 18.8. The molecule has 0 bridgehead atoms. The lowest BCUT2D eigenvalue weighted by Crippen LogP contribution is -2.33. The zero-order valence-electron chi connectivity index (χ0n) is 18.3. The topological polar surface area (TPSA) is 97.2 Å². The fraction of sp³-hybridized carbons (Fsp3) is 0.500. The van der Waals surface area contributed by atoms with Crippen LogP contribution < -0.4 is 9.04 Å². The predicted molar refractivity (Wildman–Crippen MR) is 122 cm³/mol. The Morgan fingerprint density at radius 2 is 2.00 bits per heavy atom. The summed E-state index contributed by atoms with van der Waals surface area (Å²) in [4.78, 5) is 5.19. The molecule has 172 valence electrons. The molecule has 2 aromatic rings. The second-order valence-corrected chi connectivity index (χ2v) is 9.62. The summed E-state index contributed by atoms with van der Waals surface area (Å²) in [5.74, 6) is 0.866. The first-order valence-electron chi connectivity index (χ1n) is 11.1. The number of nitrogens with zero attached hydrogens (tertiary/aromatic N) is 5. The second kappa shape index (κ2) is 10.3. The van der Waals surface area contributed by atoms with E-state index in [2.05, 4.69) is 27.5 Å². The standard InChI is InChI=1S/C22H29N5O4S/c1-2-31-25-22-9-6-18-16-20(7-8-21(18)22)30-15-5-3-4-12-26-13-14-27(32(26,28)29)19-10-11-23-24-17-19/h7-8,10-11,16-17H,2-6,9,12-15H2,1H3/b25-22+. The van der Waals surface area contributed by atoms with Crippen LogP contribution in [0.4, 0.5) is 5.69 Å². The zero-order valence-corrected chi connectivity index (χ0v) is 19.1. The third-order valence-corrected chi connectivity index (χ3v) is 7.63. The van der Waals surface area contributed by atoms with Crippen molar-refractivity contribution in [3.63, 3.8) is 0 Å². The van der Waals surface area contributed by atoms with Gasteiger partial charge < -0.3 is 9.57 Å². The van der Waals surface area contributed by atoms with Gasteiger partial charge in [-0.3, -0.25) is 4.31 Å². The van der Waals surface area contributed by atoms with E-state index in [-0.39, 0.29) is 0 Å². The number of ether oxygens (including phenoxy) is 1. The predicted octanol–water partition coefficient (Wildman–Crippen LogP) is 2.78. The van der Waals surface area contributed by atoms with Gasteiger partial charge in [-0.25, -0.2) is 0 Å². The third kappa shape index (κ3) is 5.02. The number of aromatic nitrogens is 2.